The third-order valence-corrected chi connectivity index (χ3v) is 5.95. The molecule has 0 spiro atoms. The number of carbonyl (C=O) groups excluding carboxylic acids is 2. The van der Waals surface area contributed by atoms with E-state index < -0.39 is 6.10 Å². The molecule has 7 nitrogen and oxygen atoms in total. The molecule has 0 bridgehead atoms. The van der Waals surface area contributed by atoms with Gasteiger partial charge in [-0.2, -0.15) is 0 Å². The monoisotopic (exact) mass is 442 g/mol. The Hall–Kier alpha value is -2.77. The van der Waals surface area contributed by atoms with Gasteiger partial charge in [-0.15, -0.1) is 0 Å². The number of piperazine rings is 1. The zero-order valence-corrected chi connectivity index (χ0v) is 18.6. The maximum Gasteiger partial charge on any atom is 0.267 e. The minimum Gasteiger partial charge on any atom is -0.479 e. The van der Waals surface area contributed by atoms with Crippen LogP contribution < -0.4 is 19.9 Å². The average molecular weight is 443 g/mol. The highest BCUT2D eigenvalue weighted by Gasteiger charge is 2.31. The van der Waals surface area contributed by atoms with Crippen molar-refractivity contribution in [2.45, 2.75) is 19.4 Å². The van der Waals surface area contributed by atoms with E-state index >= 15 is 0 Å². The second-order valence-electron chi connectivity index (χ2n) is 7.97. The lowest BCUT2D eigenvalue weighted by Gasteiger charge is -2.35. The van der Waals surface area contributed by atoms with Crippen LogP contribution in [0.15, 0.2) is 42.5 Å². The van der Waals surface area contributed by atoms with Crippen LogP contribution >= 0.6 is 11.6 Å². The summed E-state index contributed by atoms with van der Waals surface area (Å²) >= 11 is 6.21. The van der Waals surface area contributed by atoms with Gasteiger partial charge in [0.1, 0.15) is 5.75 Å². The van der Waals surface area contributed by atoms with Crippen molar-refractivity contribution in [1.82, 2.24) is 4.90 Å². The number of benzene rings is 2. The van der Waals surface area contributed by atoms with Gasteiger partial charge in [0.05, 0.1) is 17.1 Å². The van der Waals surface area contributed by atoms with Crippen LogP contribution in [0.4, 0.5) is 17.1 Å². The van der Waals surface area contributed by atoms with Crippen molar-refractivity contribution in [1.29, 1.82) is 0 Å². The van der Waals surface area contributed by atoms with Crippen LogP contribution in [0.3, 0.4) is 0 Å². The molecular formula is C23H27ClN4O3. The fraction of sp³-hybridized carbons (Fsp3) is 0.391. The van der Waals surface area contributed by atoms with E-state index in [2.05, 4.69) is 22.2 Å². The molecule has 1 unspecified atom stereocenters. The first-order chi connectivity index (χ1) is 14.9. The Labute approximate surface area is 187 Å². The number of amides is 2. The summed E-state index contributed by atoms with van der Waals surface area (Å²) < 4.78 is 5.66. The van der Waals surface area contributed by atoms with E-state index in [-0.39, 0.29) is 24.8 Å². The number of fused-ring (bicyclic) bond motifs is 1. The molecule has 0 aromatic heterocycles. The Bertz CT molecular complexity index is 975. The van der Waals surface area contributed by atoms with E-state index in [0.29, 0.717) is 22.1 Å². The van der Waals surface area contributed by atoms with Crippen molar-refractivity contribution in [3.63, 3.8) is 0 Å². The largest absolute Gasteiger partial charge is 0.479 e. The molecule has 0 saturated carbocycles. The molecule has 8 heteroatoms. The molecule has 2 heterocycles. The lowest BCUT2D eigenvalue weighted by Crippen LogP contribution is -2.45. The SMILES string of the molecule is CC1Oc2ccccc2N(CCC(=O)Nc2cc(Cl)ccc2N2CCN(C)CC2)C1=O. The predicted molar refractivity (Wildman–Crippen MR) is 123 cm³/mol. The second-order valence-corrected chi connectivity index (χ2v) is 8.40. The lowest BCUT2D eigenvalue weighted by molar-refractivity contribution is -0.125. The number of halogens is 1. The molecule has 0 radical (unpaired) electrons. The van der Waals surface area contributed by atoms with Crippen molar-refractivity contribution in [2.75, 3.05) is 54.9 Å². The Balaban J connectivity index is 1.45. The molecule has 1 N–H and O–H groups in total. The number of nitrogens with one attached hydrogen (secondary N) is 1. The highest BCUT2D eigenvalue weighted by molar-refractivity contribution is 6.31. The van der Waals surface area contributed by atoms with Gasteiger partial charge in [0.15, 0.2) is 6.10 Å². The van der Waals surface area contributed by atoms with E-state index in [0.717, 1.165) is 31.9 Å². The number of hydrogen-bond donors (Lipinski definition) is 1. The van der Waals surface area contributed by atoms with Crippen molar-refractivity contribution in [2.24, 2.45) is 0 Å². The van der Waals surface area contributed by atoms with Gasteiger partial charge < -0.3 is 24.8 Å². The van der Waals surface area contributed by atoms with E-state index in [1.165, 1.54) is 0 Å². The van der Waals surface area contributed by atoms with E-state index in [9.17, 15) is 9.59 Å². The number of rotatable bonds is 5. The van der Waals surface area contributed by atoms with Crippen molar-refractivity contribution < 1.29 is 14.3 Å². The molecule has 2 aliphatic rings. The molecule has 31 heavy (non-hydrogen) atoms. The Kier molecular flexibility index (Phi) is 6.34. The summed E-state index contributed by atoms with van der Waals surface area (Å²) in [5, 5.41) is 3.57. The molecular weight excluding hydrogens is 416 g/mol. The number of nitrogens with zero attached hydrogens (tertiary/aromatic N) is 3. The van der Waals surface area contributed by atoms with Gasteiger partial charge in [-0.25, -0.2) is 0 Å². The third kappa shape index (κ3) is 4.78. The zero-order chi connectivity index (χ0) is 22.0. The Morgan fingerprint density at radius 1 is 1.13 bits per heavy atom. The highest BCUT2D eigenvalue weighted by atomic mass is 35.5. The predicted octanol–water partition coefficient (Wildman–Crippen LogP) is 3.23. The first kappa shape index (κ1) is 21.5. The summed E-state index contributed by atoms with van der Waals surface area (Å²) in [6.07, 6.45) is -0.406. The van der Waals surface area contributed by atoms with E-state index in [4.69, 9.17) is 16.3 Å². The topological polar surface area (TPSA) is 65.1 Å². The van der Waals surface area contributed by atoms with Crippen LogP contribution in [0.1, 0.15) is 13.3 Å². The summed E-state index contributed by atoms with van der Waals surface area (Å²) in [4.78, 5) is 31.6. The minimum atomic E-state index is -0.574. The summed E-state index contributed by atoms with van der Waals surface area (Å²) in [6.45, 7) is 5.70. The molecule has 164 valence electrons. The molecule has 2 amide bonds. The lowest BCUT2D eigenvalue weighted by atomic mass is 10.1. The zero-order valence-electron chi connectivity index (χ0n) is 17.8. The fourth-order valence-electron chi connectivity index (χ4n) is 3.95. The maximum absolute atomic E-state index is 12.8. The van der Waals surface area contributed by atoms with Crippen LogP contribution in [0, 0.1) is 0 Å². The van der Waals surface area contributed by atoms with E-state index in [1.807, 2.05) is 36.4 Å². The number of likely N-dealkylation sites (N-methyl/N-ethyl adjacent to an activating group) is 1. The molecule has 1 atom stereocenters. The Morgan fingerprint density at radius 3 is 2.65 bits per heavy atom. The van der Waals surface area contributed by atoms with E-state index in [1.54, 1.807) is 17.9 Å². The number of para-hydroxylation sites is 2. The first-order valence-electron chi connectivity index (χ1n) is 10.5. The fourth-order valence-corrected chi connectivity index (χ4v) is 4.12. The van der Waals surface area contributed by atoms with Gasteiger partial charge in [-0.3, -0.25) is 9.59 Å². The molecule has 1 saturated heterocycles. The summed E-state index contributed by atoms with van der Waals surface area (Å²) in [6, 6.07) is 13.0. The number of ether oxygens (including phenoxy) is 1. The average Bonchev–Trinajstić information content (AvgIpc) is 2.75. The summed E-state index contributed by atoms with van der Waals surface area (Å²) in [7, 11) is 2.10. The summed E-state index contributed by atoms with van der Waals surface area (Å²) in [5.41, 5.74) is 2.36. The van der Waals surface area contributed by atoms with Crippen LogP contribution in [-0.2, 0) is 9.59 Å². The van der Waals surface area contributed by atoms with Crippen molar-refractivity contribution >= 4 is 40.5 Å². The van der Waals surface area contributed by atoms with Crippen LogP contribution in [-0.4, -0.2) is 62.6 Å². The van der Waals surface area contributed by atoms with Crippen molar-refractivity contribution in [3.05, 3.63) is 47.5 Å². The second kappa shape index (κ2) is 9.16. The first-order valence-corrected chi connectivity index (χ1v) is 10.9. The van der Waals surface area contributed by atoms with Crippen LogP contribution in [0.25, 0.3) is 0 Å². The molecule has 2 aromatic rings. The smallest absolute Gasteiger partial charge is 0.267 e. The standard InChI is InChI=1S/C23H27ClN4O3/c1-16-23(30)28(20-5-3-4-6-21(20)31-16)10-9-22(29)25-18-15-17(24)7-8-19(18)27-13-11-26(2)12-14-27/h3-8,15-16H,9-14H2,1-2H3,(H,25,29). The van der Waals surface area contributed by atoms with Gasteiger partial charge in [0.25, 0.3) is 5.91 Å². The molecule has 2 aromatic carbocycles. The molecule has 1 fully saturated rings. The number of anilines is 3. The quantitative estimate of drug-likeness (QED) is 0.770. The number of hydrogen-bond acceptors (Lipinski definition) is 5. The molecule has 0 aliphatic carbocycles. The van der Waals surface area contributed by atoms with Crippen LogP contribution in [0.5, 0.6) is 5.75 Å². The van der Waals surface area contributed by atoms with Crippen molar-refractivity contribution in [3.8, 4) is 5.75 Å². The normalized spacial score (nSPS) is 19.1. The third-order valence-electron chi connectivity index (χ3n) is 5.71. The molecule has 2 aliphatic heterocycles. The number of carbonyl (C=O) groups is 2. The summed E-state index contributed by atoms with van der Waals surface area (Å²) in [5.74, 6) is 0.344. The Morgan fingerprint density at radius 2 is 1.87 bits per heavy atom. The van der Waals surface area contributed by atoms with Crippen LogP contribution in [0.2, 0.25) is 5.02 Å². The van der Waals surface area contributed by atoms with Gasteiger partial charge in [0.2, 0.25) is 5.91 Å². The van der Waals surface area contributed by atoms with Gasteiger partial charge >= 0.3 is 0 Å². The molecule has 4 rings (SSSR count). The minimum absolute atomic E-state index is 0.146. The maximum atomic E-state index is 12.8. The van der Waals surface area contributed by atoms with Gasteiger partial charge in [-0.1, -0.05) is 23.7 Å². The van der Waals surface area contributed by atoms with Gasteiger partial charge in [0, 0.05) is 44.2 Å². The van der Waals surface area contributed by atoms with Gasteiger partial charge in [-0.05, 0) is 44.3 Å². The highest BCUT2D eigenvalue weighted by Crippen LogP contribution is 2.34.